The molecule has 1 aromatic rings. The number of rotatable bonds is 6. The summed E-state index contributed by atoms with van der Waals surface area (Å²) >= 11 is 0. The summed E-state index contributed by atoms with van der Waals surface area (Å²) in [6.07, 6.45) is 3.15. The van der Waals surface area contributed by atoms with Gasteiger partial charge in [0.15, 0.2) is 0 Å². The summed E-state index contributed by atoms with van der Waals surface area (Å²) in [5.41, 5.74) is 6.56. The van der Waals surface area contributed by atoms with E-state index in [0.29, 0.717) is 18.1 Å². The molecule has 1 aromatic carbocycles. The molecule has 0 aromatic heterocycles. The van der Waals surface area contributed by atoms with Crippen LogP contribution in [0.1, 0.15) is 37.8 Å². The van der Waals surface area contributed by atoms with Crippen molar-refractivity contribution < 1.29 is 13.5 Å². The van der Waals surface area contributed by atoms with Gasteiger partial charge in [-0.25, -0.2) is 8.78 Å². The summed E-state index contributed by atoms with van der Waals surface area (Å²) in [5, 5.41) is 0. The van der Waals surface area contributed by atoms with E-state index in [9.17, 15) is 8.78 Å². The largest absolute Gasteiger partial charge is 0.378 e. The molecule has 1 fully saturated rings. The van der Waals surface area contributed by atoms with Crippen LogP contribution < -0.4 is 5.73 Å². The van der Waals surface area contributed by atoms with Gasteiger partial charge >= 0.3 is 0 Å². The van der Waals surface area contributed by atoms with Crippen LogP contribution in [0.3, 0.4) is 0 Å². The molecular weight excluding hydrogens is 274 g/mol. The molecule has 2 N–H and O–H groups in total. The molecule has 3 nitrogen and oxygen atoms in total. The van der Waals surface area contributed by atoms with Crippen molar-refractivity contribution in [1.29, 1.82) is 0 Å². The summed E-state index contributed by atoms with van der Waals surface area (Å²) in [6, 6.07) is 3.17. The fourth-order valence-corrected chi connectivity index (χ4v) is 2.81. The van der Waals surface area contributed by atoms with Crippen LogP contribution in [-0.2, 0) is 4.74 Å². The third-order valence-electron chi connectivity index (χ3n) is 4.01. The van der Waals surface area contributed by atoms with Gasteiger partial charge in [0, 0.05) is 31.8 Å². The molecule has 0 radical (unpaired) electrons. The number of halogens is 2. The molecule has 0 aliphatic carbocycles. The van der Waals surface area contributed by atoms with Gasteiger partial charge < -0.3 is 15.4 Å². The number of likely N-dealkylation sites (tertiary alicyclic amines) is 1. The summed E-state index contributed by atoms with van der Waals surface area (Å²) < 4.78 is 32.0. The van der Waals surface area contributed by atoms with E-state index in [-0.39, 0.29) is 6.04 Å². The number of nitrogens with two attached hydrogens (primary N) is 1. The van der Waals surface area contributed by atoms with Crippen molar-refractivity contribution in [3.8, 4) is 0 Å². The van der Waals surface area contributed by atoms with Crippen molar-refractivity contribution in [3.05, 3.63) is 35.4 Å². The molecule has 1 atom stereocenters. The Hall–Kier alpha value is -1.04. The van der Waals surface area contributed by atoms with Gasteiger partial charge in [-0.2, -0.15) is 0 Å². The minimum atomic E-state index is -0.571. The predicted octanol–water partition coefficient (Wildman–Crippen LogP) is 2.86. The van der Waals surface area contributed by atoms with E-state index in [1.54, 1.807) is 0 Å². The fraction of sp³-hybridized carbons (Fsp3) is 0.625. The molecule has 0 bridgehead atoms. The van der Waals surface area contributed by atoms with Crippen molar-refractivity contribution in [2.75, 3.05) is 26.2 Å². The Morgan fingerprint density at radius 3 is 2.43 bits per heavy atom. The van der Waals surface area contributed by atoms with Crippen molar-refractivity contribution in [2.24, 2.45) is 5.73 Å². The number of piperidine rings is 1. The van der Waals surface area contributed by atoms with E-state index in [1.165, 1.54) is 12.1 Å². The number of nitrogens with zero attached hydrogens (tertiary/aromatic N) is 1. The molecule has 1 heterocycles. The zero-order valence-electron chi connectivity index (χ0n) is 12.5. The predicted molar refractivity (Wildman–Crippen MR) is 79.0 cm³/mol. The first kappa shape index (κ1) is 16.3. The Bertz CT molecular complexity index is 428. The minimum Gasteiger partial charge on any atom is -0.378 e. The zero-order valence-corrected chi connectivity index (χ0v) is 12.5. The number of hydrogen-bond acceptors (Lipinski definition) is 3. The second kappa shape index (κ2) is 7.82. The molecule has 0 amide bonds. The van der Waals surface area contributed by atoms with Crippen LogP contribution in [0.2, 0.25) is 0 Å². The molecule has 1 aliphatic heterocycles. The van der Waals surface area contributed by atoms with Gasteiger partial charge in [0.25, 0.3) is 0 Å². The average molecular weight is 298 g/mol. The summed E-state index contributed by atoms with van der Waals surface area (Å²) in [6.45, 7) is 5.62. The molecule has 1 aliphatic rings. The van der Waals surface area contributed by atoms with Crippen LogP contribution >= 0.6 is 0 Å². The summed E-state index contributed by atoms with van der Waals surface area (Å²) in [5.74, 6) is -1.14. The van der Waals surface area contributed by atoms with Crippen LogP contribution in [0.15, 0.2) is 18.2 Å². The van der Waals surface area contributed by atoms with E-state index in [2.05, 4.69) is 4.90 Å². The standard InChI is InChI=1S/C16H24F2N2O/c1-2-21-15-3-6-20(7-4-15)8-5-16(19)12-9-13(17)11-14(18)10-12/h9-11,15-16H,2-8,19H2,1H3. The highest BCUT2D eigenvalue weighted by Gasteiger charge is 2.20. The Kier molecular flexibility index (Phi) is 6.08. The van der Waals surface area contributed by atoms with E-state index in [0.717, 1.165) is 45.1 Å². The summed E-state index contributed by atoms with van der Waals surface area (Å²) in [4.78, 5) is 2.34. The topological polar surface area (TPSA) is 38.5 Å². The number of benzene rings is 1. The third kappa shape index (κ3) is 5.02. The van der Waals surface area contributed by atoms with E-state index in [4.69, 9.17) is 10.5 Å². The van der Waals surface area contributed by atoms with Gasteiger partial charge in [-0.15, -0.1) is 0 Å². The maximum Gasteiger partial charge on any atom is 0.126 e. The summed E-state index contributed by atoms with van der Waals surface area (Å²) in [7, 11) is 0. The van der Waals surface area contributed by atoms with Gasteiger partial charge in [0.1, 0.15) is 11.6 Å². The van der Waals surface area contributed by atoms with Crippen LogP contribution in [0.25, 0.3) is 0 Å². The SMILES string of the molecule is CCOC1CCN(CCC(N)c2cc(F)cc(F)c2)CC1. The van der Waals surface area contributed by atoms with E-state index in [1.807, 2.05) is 6.92 Å². The molecule has 0 saturated carbocycles. The Morgan fingerprint density at radius 2 is 1.86 bits per heavy atom. The highest BCUT2D eigenvalue weighted by molar-refractivity contribution is 5.21. The van der Waals surface area contributed by atoms with Crippen LogP contribution in [0.5, 0.6) is 0 Å². The minimum absolute atomic E-state index is 0.334. The molecule has 5 heteroatoms. The molecule has 118 valence electrons. The molecule has 1 unspecified atom stereocenters. The molecule has 2 rings (SSSR count). The number of ether oxygens (including phenoxy) is 1. The fourth-order valence-electron chi connectivity index (χ4n) is 2.81. The Morgan fingerprint density at radius 1 is 1.24 bits per heavy atom. The quantitative estimate of drug-likeness (QED) is 0.877. The molecule has 1 saturated heterocycles. The van der Waals surface area contributed by atoms with Crippen molar-refractivity contribution in [1.82, 2.24) is 4.90 Å². The van der Waals surface area contributed by atoms with Crippen LogP contribution in [0, 0.1) is 11.6 Å². The Balaban J connectivity index is 1.78. The maximum atomic E-state index is 13.2. The van der Waals surface area contributed by atoms with Crippen molar-refractivity contribution in [2.45, 2.75) is 38.3 Å². The first-order valence-electron chi connectivity index (χ1n) is 7.64. The lowest BCUT2D eigenvalue weighted by Crippen LogP contribution is -2.38. The van der Waals surface area contributed by atoms with Gasteiger partial charge in [0.05, 0.1) is 6.10 Å². The zero-order chi connectivity index (χ0) is 15.2. The van der Waals surface area contributed by atoms with Crippen LogP contribution in [0.4, 0.5) is 8.78 Å². The smallest absolute Gasteiger partial charge is 0.126 e. The maximum absolute atomic E-state index is 13.2. The van der Waals surface area contributed by atoms with Crippen molar-refractivity contribution in [3.63, 3.8) is 0 Å². The second-order valence-electron chi connectivity index (χ2n) is 5.59. The monoisotopic (exact) mass is 298 g/mol. The third-order valence-corrected chi connectivity index (χ3v) is 4.01. The lowest BCUT2D eigenvalue weighted by molar-refractivity contribution is 0.0138. The lowest BCUT2D eigenvalue weighted by atomic mass is 10.0. The van der Waals surface area contributed by atoms with Crippen LogP contribution in [-0.4, -0.2) is 37.2 Å². The number of hydrogen-bond donors (Lipinski definition) is 1. The van der Waals surface area contributed by atoms with Gasteiger partial charge in [0.2, 0.25) is 0 Å². The molecule has 0 spiro atoms. The van der Waals surface area contributed by atoms with Crippen molar-refractivity contribution >= 4 is 0 Å². The Labute approximate surface area is 125 Å². The average Bonchev–Trinajstić information content (AvgIpc) is 2.45. The highest BCUT2D eigenvalue weighted by Crippen LogP contribution is 2.19. The van der Waals surface area contributed by atoms with E-state index < -0.39 is 11.6 Å². The first-order chi connectivity index (χ1) is 10.1. The molecule has 21 heavy (non-hydrogen) atoms. The first-order valence-corrected chi connectivity index (χ1v) is 7.64. The normalized spacial score (nSPS) is 18.9. The van der Waals surface area contributed by atoms with E-state index >= 15 is 0 Å². The highest BCUT2D eigenvalue weighted by atomic mass is 19.1. The van der Waals surface area contributed by atoms with Gasteiger partial charge in [-0.3, -0.25) is 0 Å². The second-order valence-corrected chi connectivity index (χ2v) is 5.59. The van der Waals surface area contributed by atoms with Gasteiger partial charge in [-0.05, 0) is 50.4 Å². The lowest BCUT2D eigenvalue weighted by Gasteiger charge is -2.32. The molecular formula is C16H24F2N2O. The van der Waals surface area contributed by atoms with Gasteiger partial charge in [-0.1, -0.05) is 0 Å².